The van der Waals surface area contributed by atoms with Gasteiger partial charge in [0, 0.05) is 16.1 Å². The number of aromatic hydroxyl groups is 1. The predicted octanol–water partition coefficient (Wildman–Crippen LogP) is 4.77. The molecule has 5 rings (SSSR count). The summed E-state index contributed by atoms with van der Waals surface area (Å²) in [7, 11) is 0. The Kier molecular flexibility index (Phi) is 4.14. The number of fused-ring (bicyclic) bond motifs is 1. The van der Waals surface area contributed by atoms with Gasteiger partial charge in [0.2, 0.25) is 0 Å². The highest BCUT2D eigenvalue weighted by molar-refractivity contribution is 6.30. The Hall–Kier alpha value is -3.51. The quantitative estimate of drug-likeness (QED) is 0.512. The summed E-state index contributed by atoms with van der Waals surface area (Å²) in [5, 5.41) is 17.7. The third kappa shape index (κ3) is 2.98. The van der Waals surface area contributed by atoms with Gasteiger partial charge in [0.1, 0.15) is 17.2 Å². The summed E-state index contributed by atoms with van der Waals surface area (Å²) in [6, 6.07) is 17.5. The Bertz CT molecular complexity index is 1170. The lowest BCUT2D eigenvalue weighted by atomic mass is 9.96. The van der Waals surface area contributed by atoms with Crippen molar-refractivity contribution in [2.24, 2.45) is 0 Å². The van der Waals surface area contributed by atoms with Gasteiger partial charge in [0.15, 0.2) is 0 Å². The number of rotatable bonds is 4. The lowest BCUT2D eigenvalue weighted by Crippen LogP contribution is -2.28. The molecule has 0 fully saturated rings. The van der Waals surface area contributed by atoms with Crippen LogP contribution in [0.25, 0.3) is 11.3 Å². The largest absolute Gasteiger partial charge is 0.508 e. The molecular weight excluding hydrogens is 390 g/mol. The van der Waals surface area contributed by atoms with Crippen molar-refractivity contribution in [2.75, 3.05) is 0 Å². The minimum Gasteiger partial charge on any atom is -0.508 e. The van der Waals surface area contributed by atoms with E-state index < -0.39 is 0 Å². The van der Waals surface area contributed by atoms with E-state index in [0.717, 1.165) is 16.7 Å². The van der Waals surface area contributed by atoms with Gasteiger partial charge in [0.25, 0.3) is 5.91 Å². The van der Waals surface area contributed by atoms with E-state index in [1.807, 2.05) is 30.3 Å². The molecule has 0 saturated heterocycles. The van der Waals surface area contributed by atoms with E-state index in [1.54, 1.807) is 41.5 Å². The molecule has 0 aliphatic carbocycles. The molecule has 4 aromatic rings. The van der Waals surface area contributed by atoms with Gasteiger partial charge in [-0.3, -0.25) is 9.89 Å². The fourth-order valence-electron chi connectivity index (χ4n) is 3.76. The number of carbonyl (C=O) groups excluding carboxylic acids is 1. The van der Waals surface area contributed by atoms with Gasteiger partial charge in [-0.1, -0.05) is 35.9 Å². The first kappa shape index (κ1) is 17.6. The van der Waals surface area contributed by atoms with Crippen LogP contribution in [0, 0.1) is 0 Å². The molecule has 2 N–H and O–H groups in total. The van der Waals surface area contributed by atoms with E-state index in [2.05, 4.69) is 10.2 Å². The molecule has 1 aliphatic rings. The highest BCUT2D eigenvalue weighted by Crippen LogP contribution is 2.43. The van der Waals surface area contributed by atoms with E-state index in [1.165, 1.54) is 0 Å². The normalized spacial score (nSPS) is 15.7. The van der Waals surface area contributed by atoms with Crippen LogP contribution in [-0.2, 0) is 6.54 Å². The highest BCUT2D eigenvalue weighted by atomic mass is 35.5. The second-order valence-corrected chi connectivity index (χ2v) is 7.31. The maximum atomic E-state index is 13.2. The van der Waals surface area contributed by atoms with Crippen molar-refractivity contribution in [1.82, 2.24) is 15.1 Å². The topological polar surface area (TPSA) is 82.4 Å². The van der Waals surface area contributed by atoms with Crippen LogP contribution in [0.1, 0.15) is 33.4 Å². The minimum absolute atomic E-state index is 0.151. The third-order valence-electron chi connectivity index (χ3n) is 5.10. The van der Waals surface area contributed by atoms with Crippen LogP contribution in [0.4, 0.5) is 0 Å². The minimum atomic E-state index is -0.368. The number of benzene rings is 2. The second kappa shape index (κ2) is 6.83. The summed E-state index contributed by atoms with van der Waals surface area (Å²) >= 11 is 6.03. The van der Waals surface area contributed by atoms with Crippen molar-refractivity contribution in [2.45, 2.75) is 12.6 Å². The predicted molar refractivity (Wildman–Crippen MR) is 108 cm³/mol. The zero-order valence-electron chi connectivity index (χ0n) is 15.2. The fraction of sp³-hybridized carbons (Fsp3) is 0.0909. The van der Waals surface area contributed by atoms with E-state index in [0.29, 0.717) is 28.7 Å². The first-order valence-electron chi connectivity index (χ1n) is 9.08. The average Bonchev–Trinajstić information content (AvgIpc) is 3.44. The van der Waals surface area contributed by atoms with Gasteiger partial charge < -0.3 is 14.4 Å². The SMILES string of the molecule is O=C1c2[nH]nc(-c3ccc(Cl)cc3)c2C(c2ccc(O)cc2)N1Cc1ccco1. The Morgan fingerprint density at radius 1 is 1.10 bits per heavy atom. The molecule has 1 unspecified atom stereocenters. The van der Waals surface area contributed by atoms with Crippen LogP contribution >= 0.6 is 11.6 Å². The summed E-state index contributed by atoms with van der Waals surface area (Å²) in [6.45, 7) is 0.319. The Morgan fingerprint density at radius 2 is 1.86 bits per heavy atom. The molecule has 29 heavy (non-hydrogen) atoms. The zero-order valence-corrected chi connectivity index (χ0v) is 15.9. The molecule has 2 aromatic carbocycles. The number of halogens is 1. The summed E-state index contributed by atoms with van der Waals surface area (Å²) in [5.41, 5.74) is 3.69. The fourth-order valence-corrected chi connectivity index (χ4v) is 3.89. The molecule has 0 saturated carbocycles. The summed E-state index contributed by atoms with van der Waals surface area (Å²) < 4.78 is 5.48. The smallest absolute Gasteiger partial charge is 0.273 e. The summed E-state index contributed by atoms with van der Waals surface area (Å²) in [4.78, 5) is 15.0. The molecule has 0 radical (unpaired) electrons. The number of aromatic nitrogens is 2. The monoisotopic (exact) mass is 405 g/mol. The molecule has 144 valence electrons. The Labute approximate surface area is 171 Å². The zero-order chi connectivity index (χ0) is 20.0. The van der Waals surface area contributed by atoms with Crippen molar-refractivity contribution in [3.63, 3.8) is 0 Å². The molecule has 2 aromatic heterocycles. The number of nitrogens with one attached hydrogen (secondary N) is 1. The van der Waals surface area contributed by atoms with Crippen molar-refractivity contribution >= 4 is 17.5 Å². The van der Waals surface area contributed by atoms with Crippen LogP contribution in [0.15, 0.2) is 71.3 Å². The number of hydrogen-bond donors (Lipinski definition) is 2. The number of aromatic amines is 1. The first-order chi connectivity index (χ1) is 14.1. The van der Waals surface area contributed by atoms with Crippen molar-refractivity contribution < 1.29 is 14.3 Å². The van der Waals surface area contributed by atoms with Crippen LogP contribution < -0.4 is 0 Å². The molecule has 6 nitrogen and oxygen atoms in total. The maximum absolute atomic E-state index is 13.2. The van der Waals surface area contributed by atoms with Crippen LogP contribution in [0.5, 0.6) is 5.75 Å². The maximum Gasteiger partial charge on any atom is 0.273 e. The van der Waals surface area contributed by atoms with Crippen molar-refractivity contribution in [3.8, 4) is 17.0 Å². The molecule has 7 heteroatoms. The van der Waals surface area contributed by atoms with Gasteiger partial charge in [0.05, 0.1) is 24.5 Å². The number of furan rings is 1. The number of hydrogen-bond acceptors (Lipinski definition) is 4. The van der Waals surface area contributed by atoms with Gasteiger partial charge in [-0.05, 0) is 42.0 Å². The van der Waals surface area contributed by atoms with Gasteiger partial charge in [-0.25, -0.2) is 0 Å². The van der Waals surface area contributed by atoms with E-state index >= 15 is 0 Å². The number of nitrogens with zero attached hydrogens (tertiary/aromatic N) is 2. The Balaban J connectivity index is 1.65. The average molecular weight is 406 g/mol. The molecule has 0 spiro atoms. The van der Waals surface area contributed by atoms with Crippen molar-refractivity contribution in [3.05, 3.63) is 94.5 Å². The number of phenols is 1. The van der Waals surface area contributed by atoms with Crippen LogP contribution in [0.2, 0.25) is 5.02 Å². The van der Waals surface area contributed by atoms with Gasteiger partial charge in [-0.15, -0.1) is 0 Å². The molecule has 1 aliphatic heterocycles. The van der Waals surface area contributed by atoms with Gasteiger partial charge in [-0.2, -0.15) is 5.10 Å². The highest BCUT2D eigenvalue weighted by Gasteiger charge is 2.42. The van der Waals surface area contributed by atoms with Crippen LogP contribution in [0.3, 0.4) is 0 Å². The first-order valence-corrected chi connectivity index (χ1v) is 9.46. The number of phenolic OH excluding ortho intramolecular Hbond substituents is 1. The molecule has 1 amide bonds. The third-order valence-corrected chi connectivity index (χ3v) is 5.35. The standard InChI is InChI=1S/C22H16ClN3O3/c23-15-7-3-13(4-8-15)19-18-20(25-24-19)22(28)26(12-17-2-1-11-29-17)21(18)14-5-9-16(27)10-6-14/h1-11,21,27H,12H2,(H,24,25). The molecule has 1 atom stereocenters. The molecular formula is C22H16ClN3O3. The van der Waals surface area contributed by atoms with E-state index in [-0.39, 0.29) is 17.7 Å². The number of H-pyrrole nitrogens is 1. The lowest BCUT2D eigenvalue weighted by molar-refractivity contribution is 0.0717. The van der Waals surface area contributed by atoms with Gasteiger partial charge >= 0.3 is 0 Å². The number of amides is 1. The molecule has 3 heterocycles. The van der Waals surface area contributed by atoms with E-state index in [4.69, 9.17) is 16.0 Å². The lowest BCUT2D eigenvalue weighted by Gasteiger charge is -2.25. The van der Waals surface area contributed by atoms with Crippen LogP contribution in [-0.4, -0.2) is 26.1 Å². The number of carbonyl (C=O) groups is 1. The van der Waals surface area contributed by atoms with E-state index in [9.17, 15) is 9.90 Å². The summed E-state index contributed by atoms with van der Waals surface area (Å²) in [6.07, 6.45) is 1.59. The van der Waals surface area contributed by atoms with Crippen molar-refractivity contribution in [1.29, 1.82) is 0 Å². The molecule has 0 bridgehead atoms. The second-order valence-electron chi connectivity index (χ2n) is 6.87. The summed E-state index contributed by atoms with van der Waals surface area (Å²) in [5.74, 6) is 0.705. The Morgan fingerprint density at radius 3 is 2.55 bits per heavy atom.